The van der Waals surface area contributed by atoms with Gasteiger partial charge in [-0.1, -0.05) is 18.2 Å². The molecule has 1 aromatic carbocycles. The minimum atomic E-state index is 0.556. The molecule has 1 N–H and O–H groups in total. The number of nitrogens with one attached hydrogen (secondary N) is 1. The van der Waals surface area contributed by atoms with Crippen molar-refractivity contribution in [2.75, 3.05) is 6.26 Å². The number of hydrogen-bond donors (Lipinski definition) is 1. The SMILES string of the molecule is CSc1ccccc1CN[C]=O. The highest BCUT2D eigenvalue weighted by Gasteiger charge is 1.97. The molecular weight excluding hydrogens is 170 g/mol. The van der Waals surface area contributed by atoms with Crippen molar-refractivity contribution in [1.29, 1.82) is 0 Å². The fraction of sp³-hybridized carbons (Fsp3) is 0.222. The fourth-order valence-electron chi connectivity index (χ4n) is 0.980. The van der Waals surface area contributed by atoms with Crippen molar-refractivity contribution in [3.63, 3.8) is 0 Å². The van der Waals surface area contributed by atoms with Gasteiger partial charge in [0.1, 0.15) is 0 Å². The summed E-state index contributed by atoms with van der Waals surface area (Å²) in [5, 5.41) is 2.52. The van der Waals surface area contributed by atoms with Gasteiger partial charge in [0.25, 0.3) is 0 Å². The topological polar surface area (TPSA) is 29.1 Å². The largest absolute Gasteiger partial charge is 0.344 e. The molecular formula is C9H10NOS. The Morgan fingerprint density at radius 1 is 1.50 bits per heavy atom. The van der Waals surface area contributed by atoms with Gasteiger partial charge >= 0.3 is 6.41 Å². The Morgan fingerprint density at radius 2 is 2.25 bits per heavy atom. The van der Waals surface area contributed by atoms with E-state index >= 15 is 0 Å². The van der Waals surface area contributed by atoms with Gasteiger partial charge in [0, 0.05) is 11.4 Å². The minimum absolute atomic E-state index is 0.556. The smallest absolute Gasteiger partial charge is 0.309 e. The van der Waals surface area contributed by atoms with E-state index in [0.717, 1.165) is 5.56 Å². The van der Waals surface area contributed by atoms with Crippen LogP contribution in [-0.2, 0) is 11.3 Å². The van der Waals surface area contributed by atoms with Crippen LogP contribution in [0.4, 0.5) is 0 Å². The van der Waals surface area contributed by atoms with Crippen molar-refractivity contribution in [2.24, 2.45) is 0 Å². The summed E-state index contributed by atoms with van der Waals surface area (Å²) in [5.74, 6) is 0. The van der Waals surface area contributed by atoms with Crippen LogP contribution in [0.1, 0.15) is 5.56 Å². The van der Waals surface area contributed by atoms with Crippen LogP contribution >= 0.6 is 11.8 Å². The molecule has 0 aliphatic rings. The predicted octanol–water partition coefficient (Wildman–Crippen LogP) is 1.57. The van der Waals surface area contributed by atoms with E-state index in [1.165, 1.54) is 4.90 Å². The molecule has 0 atom stereocenters. The second kappa shape index (κ2) is 4.83. The van der Waals surface area contributed by atoms with Crippen LogP contribution in [0.25, 0.3) is 0 Å². The zero-order chi connectivity index (χ0) is 8.81. The summed E-state index contributed by atoms with van der Waals surface area (Å²) in [6, 6.07) is 7.98. The molecule has 0 saturated carbocycles. The molecule has 0 spiro atoms. The van der Waals surface area contributed by atoms with Crippen molar-refractivity contribution in [3.05, 3.63) is 29.8 Å². The number of rotatable bonds is 4. The molecule has 0 aromatic heterocycles. The Balaban J connectivity index is 2.74. The van der Waals surface area contributed by atoms with E-state index in [9.17, 15) is 4.79 Å². The Labute approximate surface area is 76.4 Å². The first-order valence-electron chi connectivity index (χ1n) is 3.60. The Hall–Kier alpha value is -0.960. The van der Waals surface area contributed by atoms with E-state index in [4.69, 9.17) is 0 Å². The van der Waals surface area contributed by atoms with Gasteiger partial charge in [0.15, 0.2) is 0 Å². The Morgan fingerprint density at radius 3 is 2.92 bits per heavy atom. The van der Waals surface area contributed by atoms with E-state index in [1.807, 2.05) is 30.5 Å². The number of amides is 1. The minimum Gasteiger partial charge on any atom is -0.344 e. The number of thioether (sulfide) groups is 1. The van der Waals surface area contributed by atoms with E-state index in [0.29, 0.717) is 6.54 Å². The fourth-order valence-corrected chi connectivity index (χ4v) is 1.60. The molecule has 0 heterocycles. The van der Waals surface area contributed by atoms with Crippen molar-refractivity contribution >= 4 is 18.2 Å². The molecule has 0 aliphatic heterocycles. The molecule has 0 aliphatic carbocycles. The summed E-state index contributed by atoms with van der Waals surface area (Å²) in [6.07, 6.45) is 3.68. The first-order chi connectivity index (χ1) is 5.88. The summed E-state index contributed by atoms with van der Waals surface area (Å²) in [7, 11) is 0. The Bertz CT molecular complexity index is 262. The molecule has 0 unspecified atom stereocenters. The Kier molecular flexibility index (Phi) is 3.67. The van der Waals surface area contributed by atoms with E-state index in [-0.39, 0.29) is 0 Å². The van der Waals surface area contributed by atoms with Crippen LogP contribution in [0, 0.1) is 0 Å². The van der Waals surface area contributed by atoms with Crippen molar-refractivity contribution < 1.29 is 4.79 Å². The normalized spacial score (nSPS) is 9.42. The van der Waals surface area contributed by atoms with Gasteiger partial charge in [-0.25, -0.2) is 0 Å². The van der Waals surface area contributed by atoms with Gasteiger partial charge in [-0.15, -0.1) is 11.8 Å². The lowest BCUT2D eigenvalue weighted by Gasteiger charge is -2.04. The zero-order valence-corrected chi connectivity index (χ0v) is 7.65. The molecule has 1 radical (unpaired) electrons. The van der Waals surface area contributed by atoms with Gasteiger partial charge < -0.3 is 5.32 Å². The molecule has 3 heteroatoms. The second-order valence-corrected chi connectivity index (χ2v) is 3.12. The highest BCUT2D eigenvalue weighted by atomic mass is 32.2. The molecule has 1 rings (SSSR count). The molecule has 1 aromatic rings. The standard InChI is InChI=1S/C9H10NOS/c1-12-9-5-3-2-4-8(9)6-10-7-11/h2-5H,6H2,1H3,(H,10,11). The summed E-state index contributed by atoms with van der Waals surface area (Å²) >= 11 is 1.68. The number of hydrogen-bond acceptors (Lipinski definition) is 2. The number of carbonyl (C=O) groups excluding carboxylic acids is 1. The molecule has 1 amide bonds. The lowest BCUT2D eigenvalue weighted by atomic mass is 10.2. The van der Waals surface area contributed by atoms with E-state index < -0.39 is 0 Å². The highest BCUT2D eigenvalue weighted by molar-refractivity contribution is 7.98. The maximum Gasteiger partial charge on any atom is 0.309 e. The predicted molar refractivity (Wildman–Crippen MR) is 50.8 cm³/mol. The average Bonchev–Trinajstić information content (AvgIpc) is 2.15. The maximum atomic E-state index is 9.93. The average molecular weight is 180 g/mol. The summed E-state index contributed by atoms with van der Waals surface area (Å²) < 4.78 is 0. The first-order valence-corrected chi connectivity index (χ1v) is 4.83. The van der Waals surface area contributed by atoms with Crippen LogP contribution in [0.3, 0.4) is 0 Å². The second-order valence-electron chi connectivity index (χ2n) is 2.27. The highest BCUT2D eigenvalue weighted by Crippen LogP contribution is 2.19. The maximum absolute atomic E-state index is 9.93. The first kappa shape index (κ1) is 9.13. The monoisotopic (exact) mass is 180 g/mol. The van der Waals surface area contributed by atoms with E-state index in [2.05, 4.69) is 5.32 Å². The van der Waals surface area contributed by atoms with Crippen LogP contribution in [0.5, 0.6) is 0 Å². The molecule has 0 bridgehead atoms. The number of benzene rings is 1. The molecule has 0 fully saturated rings. The summed E-state index contributed by atoms with van der Waals surface area (Å²) in [6.45, 7) is 0.556. The molecule has 63 valence electrons. The lowest BCUT2D eigenvalue weighted by molar-refractivity contribution is 0.541. The lowest BCUT2D eigenvalue weighted by Crippen LogP contribution is -2.10. The van der Waals surface area contributed by atoms with Crippen LogP contribution in [0.2, 0.25) is 0 Å². The van der Waals surface area contributed by atoms with Crippen LogP contribution < -0.4 is 5.32 Å². The van der Waals surface area contributed by atoms with Gasteiger partial charge in [-0.2, -0.15) is 0 Å². The third kappa shape index (κ3) is 2.27. The van der Waals surface area contributed by atoms with Crippen molar-refractivity contribution in [1.82, 2.24) is 5.32 Å². The van der Waals surface area contributed by atoms with Gasteiger partial charge in [0.2, 0.25) is 0 Å². The molecule has 0 saturated heterocycles. The van der Waals surface area contributed by atoms with E-state index in [1.54, 1.807) is 18.2 Å². The van der Waals surface area contributed by atoms with Gasteiger partial charge in [-0.3, -0.25) is 4.79 Å². The van der Waals surface area contributed by atoms with Crippen LogP contribution in [-0.4, -0.2) is 12.7 Å². The van der Waals surface area contributed by atoms with Gasteiger partial charge in [0.05, 0.1) is 0 Å². The molecule has 12 heavy (non-hydrogen) atoms. The summed E-state index contributed by atoms with van der Waals surface area (Å²) in [5.41, 5.74) is 1.13. The molecule has 2 nitrogen and oxygen atoms in total. The van der Waals surface area contributed by atoms with Crippen molar-refractivity contribution in [3.8, 4) is 0 Å². The third-order valence-corrected chi connectivity index (χ3v) is 2.38. The zero-order valence-electron chi connectivity index (χ0n) is 6.83. The van der Waals surface area contributed by atoms with Crippen LogP contribution in [0.15, 0.2) is 29.2 Å². The third-order valence-electron chi connectivity index (χ3n) is 1.54. The summed E-state index contributed by atoms with van der Waals surface area (Å²) in [4.78, 5) is 11.1. The van der Waals surface area contributed by atoms with Crippen molar-refractivity contribution in [2.45, 2.75) is 11.4 Å². The quantitative estimate of drug-likeness (QED) is 0.563. The van der Waals surface area contributed by atoms with Gasteiger partial charge in [-0.05, 0) is 17.9 Å².